The van der Waals surface area contributed by atoms with Gasteiger partial charge in [0.25, 0.3) is 0 Å². The van der Waals surface area contributed by atoms with Crippen molar-refractivity contribution in [2.75, 3.05) is 7.11 Å². The van der Waals surface area contributed by atoms with Gasteiger partial charge in [0, 0.05) is 32.9 Å². The van der Waals surface area contributed by atoms with Crippen molar-refractivity contribution in [3.63, 3.8) is 0 Å². The van der Waals surface area contributed by atoms with Crippen molar-refractivity contribution in [3.8, 4) is 11.6 Å². The smallest absolute Gasteiger partial charge is 0.339 e. The molecule has 0 amide bonds. The number of rotatable bonds is 3. The molecular weight excluding hydrogens is 358 g/mol. The number of aromatic nitrogens is 1. The molecule has 110 valence electrons. The Balaban J connectivity index is 2.33. The van der Waals surface area contributed by atoms with E-state index in [1.807, 2.05) is 19.9 Å². The number of esters is 1. The molecule has 0 spiro atoms. The quantitative estimate of drug-likeness (QED) is 0.735. The molecule has 21 heavy (non-hydrogen) atoms. The standard InChI is InChI=1S/C15H13BrClNO3/c1-8-11(16)6-12(17)9(2)14(8)21-13-5-4-10(7-18-13)15(19)20-3/h4-7H,1-3H3. The Hall–Kier alpha value is -1.59. The minimum atomic E-state index is -0.438. The van der Waals surface area contributed by atoms with Gasteiger partial charge >= 0.3 is 5.97 Å². The van der Waals surface area contributed by atoms with Crippen molar-refractivity contribution in [1.29, 1.82) is 0 Å². The fraction of sp³-hybridized carbons (Fsp3) is 0.200. The molecule has 6 heteroatoms. The maximum atomic E-state index is 11.4. The lowest BCUT2D eigenvalue weighted by Crippen LogP contribution is -2.02. The highest BCUT2D eigenvalue weighted by Crippen LogP contribution is 2.37. The van der Waals surface area contributed by atoms with Crippen molar-refractivity contribution in [1.82, 2.24) is 4.98 Å². The highest BCUT2D eigenvalue weighted by atomic mass is 79.9. The van der Waals surface area contributed by atoms with Crippen molar-refractivity contribution in [2.45, 2.75) is 13.8 Å². The summed E-state index contributed by atoms with van der Waals surface area (Å²) in [5, 5.41) is 0.605. The third kappa shape index (κ3) is 3.36. The number of halogens is 2. The molecule has 0 unspecified atom stereocenters. The summed E-state index contributed by atoms with van der Waals surface area (Å²) in [6.45, 7) is 3.80. The lowest BCUT2D eigenvalue weighted by molar-refractivity contribution is 0.0600. The summed E-state index contributed by atoms with van der Waals surface area (Å²) in [7, 11) is 1.32. The van der Waals surface area contributed by atoms with Crippen LogP contribution in [0.1, 0.15) is 21.5 Å². The molecule has 1 heterocycles. The van der Waals surface area contributed by atoms with Crippen molar-refractivity contribution in [3.05, 3.63) is 50.6 Å². The molecular formula is C15H13BrClNO3. The van der Waals surface area contributed by atoms with Crippen LogP contribution in [0.2, 0.25) is 5.02 Å². The molecule has 1 aromatic heterocycles. The van der Waals surface area contributed by atoms with E-state index in [4.69, 9.17) is 16.3 Å². The number of hydrogen-bond donors (Lipinski definition) is 0. The van der Waals surface area contributed by atoms with Gasteiger partial charge in [-0.25, -0.2) is 9.78 Å². The van der Waals surface area contributed by atoms with E-state index in [0.29, 0.717) is 22.2 Å². The summed E-state index contributed by atoms with van der Waals surface area (Å²) in [5.41, 5.74) is 2.12. The van der Waals surface area contributed by atoms with Gasteiger partial charge in [0.05, 0.1) is 12.7 Å². The van der Waals surface area contributed by atoms with Gasteiger partial charge in [0.15, 0.2) is 0 Å². The molecule has 2 aromatic rings. The van der Waals surface area contributed by atoms with Gasteiger partial charge in [-0.2, -0.15) is 0 Å². The average molecular weight is 371 g/mol. The van der Waals surface area contributed by atoms with Gasteiger partial charge in [-0.3, -0.25) is 0 Å². The number of carbonyl (C=O) groups is 1. The minimum absolute atomic E-state index is 0.366. The third-order valence-electron chi connectivity index (χ3n) is 3.02. The van der Waals surface area contributed by atoms with Gasteiger partial charge in [0.1, 0.15) is 5.75 Å². The molecule has 0 aliphatic rings. The Bertz CT molecular complexity index is 660. The number of pyridine rings is 1. The Morgan fingerprint density at radius 3 is 2.57 bits per heavy atom. The normalized spacial score (nSPS) is 10.3. The zero-order valence-electron chi connectivity index (χ0n) is 11.7. The highest BCUT2D eigenvalue weighted by Gasteiger charge is 2.13. The second-order valence-electron chi connectivity index (χ2n) is 4.40. The lowest BCUT2D eigenvalue weighted by atomic mass is 10.1. The number of hydrogen-bond acceptors (Lipinski definition) is 4. The van der Waals surface area contributed by atoms with Crippen LogP contribution in [0.4, 0.5) is 0 Å². The van der Waals surface area contributed by atoms with Crippen molar-refractivity contribution < 1.29 is 14.3 Å². The van der Waals surface area contributed by atoms with E-state index in [1.165, 1.54) is 13.3 Å². The molecule has 0 saturated heterocycles. The molecule has 0 radical (unpaired) electrons. The fourth-order valence-electron chi connectivity index (χ4n) is 1.76. The van der Waals surface area contributed by atoms with Gasteiger partial charge in [-0.05, 0) is 26.0 Å². The molecule has 0 bridgehead atoms. The number of ether oxygens (including phenoxy) is 2. The lowest BCUT2D eigenvalue weighted by Gasteiger charge is -2.13. The Kier molecular flexibility index (Phi) is 4.85. The van der Waals surface area contributed by atoms with Crippen LogP contribution in [0.25, 0.3) is 0 Å². The predicted molar refractivity (Wildman–Crippen MR) is 84.3 cm³/mol. The average Bonchev–Trinajstić information content (AvgIpc) is 2.49. The highest BCUT2D eigenvalue weighted by molar-refractivity contribution is 9.10. The molecule has 2 rings (SSSR count). The molecule has 1 aromatic carbocycles. The molecule has 0 fully saturated rings. The summed E-state index contributed by atoms with van der Waals surface area (Å²) in [6.07, 6.45) is 1.41. The Labute approximate surface area is 136 Å². The predicted octanol–water partition coefficient (Wildman–Crippen LogP) is 4.69. The van der Waals surface area contributed by atoms with E-state index in [0.717, 1.165) is 15.6 Å². The zero-order chi connectivity index (χ0) is 15.6. The molecule has 0 N–H and O–H groups in total. The molecule has 0 saturated carbocycles. The summed E-state index contributed by atoms with van der Waals surface area (Å²) >= 11 is 9.59. The minimum Gasteiger partial charge on any atom is -0.465 e. The Morgan fingerprint density at radius 2 is 2.00 bits per heavy atom. The zero-order valence-corrected chi connectivity index (χ0v) is 14.1. The topological polar surface area (TPSA) is 48.4 Å². The second kappa shape index (κ2) is 6.45. The molecule has 0 atom stereocenters. The van der Waals surface area contributed by atoms with Crippen LogP contribution in [0.5, 0.6) is 11.6 Å². The largest absolute Gasteiger partial charge is 0.465 e. The van der Waals surface area contributed by atoms with Gasteiger partial charge < -0.3 is 9.47 Å². The van der Waals surface area contributed by atoms with E-state index in [1.54, 1.807) is 12.1 Å². The summed E-state index contributed by atoms with van der Waals surface area (Å²) in [4.78, 5) is 15.5. The molecule has 4 nitrogen and oxygen atoms in total. The van der Waals surface area contributed by atoms with E-state index in [-0.39, 0.29) is 0 Å². The number of benzene rings is 1. The first-order valence-corrected chi connectivity index (χ1v) is 7.28. The van der Waals surface area contributed by atoms with Gasteiger partial charge in [0.2, 0.25) is 5.88 Å². The maximum absolute atomic E-state index is 11.4. The summed E-state index contributed by atoms with van der Waals surface area (Å²) in [6, 6.07) is 5.03. The first-order chi connectivity index (χ1) is 9.93. The summed E-state index contributed by atoms with van der Waals surface area (Å²) < 4.78 is 11.3. The Morgan fingerprint density at radius 1 is 1.29 bits per heavy atom. The number of nitrogens with zero attached hydrogens (tertiary/aromatic N) is 1. The van der Waals surface area contributed by atoms with E-state index in [2.05, 4.69) is 25.7 Å². The first-order valence-electron chi connectivity index (χ1n) is 6.11. The summed E-state index contributed by atoms with van der Waals surface area (Å²) in [5.74, 6) is 0.586. The van der Waals surface area contributed by atoms with E-state index >= 15 is 0 Å². The molecule has 0 aliphatic carbocycles. The van der Waals surface area contributed by atoms with Crippen LogP contribution in [0.15, 0.2) is 28.9 Å². The second-order valence-corrected chi connectivity index (χ2v) is 5.66. The van der Waals surface area contributed by atoms with Crippen molar-refractivity contribution >= 4 is 33.5 Å². The third-order valence-corrected chi connectivity index (χ3v) is 4.23. The van der Waals surface area contributed by atoms with Crippen LogP contribution >= 0.6 is 27.5 Å². The van der Waals surface area contributed by atoms with Crippen LogP contribution in [0, 0.1) is 13.8 Å². The van der Waals surface area contributed by atoms with Gasteiger partial charge in [-0.1, -0.05) is 27.5 Å². The fourth-order valence-corrected chi connectivity index (χ4v) is 2.50. The van der Waals surface area contributed by atoms with Gasteiger partial charge in [-0.15, -0.1) is 0 Å². The SMILES string of the molecule is COC(=O)c1ccc(Oc2c(C)c(Cl)cc(Br)c2C)nc1. The van der Waals surface area contributed by atoms with Crippen molar-refractivity contribution in [2.24, 2.45) is 0 Å². The number of methoxy groups -OCH3 is 1. The first kappa shape index (κ1) is 15.8. The van der Waals surface area contributed by atoms with E-state index < -0.39 is 5.97 Å². The van der Waals surface area contributed by atoms with Crippen LogP contribution in [-0.4, -0.2) is 18.1 Å². The monoisotopic (exact) mass is 369 g/mol. The van der Waals surface area contributed by atoms with Crippen LogP contribution < -0.4 is 4.74 Å². The molecule has 0 aliphatic heterocycles. The number of carbonyl (C=O) groups excluding carboxylic acids is 1. The van der Waals surface area contributed by atoms with Crippen LogP contribution in [0.3, 0.4) is 0 Å². The van der Waals surface area contributed by atoms with E-state index in [9.17, 15) is 4.79 Å². The van der Waals surface area contributed by atoms with Crippen LogP contribution in [-0.2, 0) is 4.74 Å². The maximum Gasteiger partial charge on any atom is 0.339 e.